The van der Waals surface area contributed by atoms with Gasteiger partial charge in [-0.2, -0.15) is 11.8 Å². The molecule has 0 spiro atoms. The number of hydrogen-bond acceptors (Lipinski definition) is 3. The summed E-state index contributed by atoms with van der Waals surface area (Å²) in [6.07, 6.45) is 3.26. The smallest absolute Gasteiger partial charge is 0.303 e. The second-order valence-electron chi connectivity index (χ2n) is 4.46. The zero-order valence-corrected chi connectivity index (χ0v) is 11.1. The standard InChI is InChI=1S/C14H18O3S/c15-14(16)8-7-11-4-1-2-6-13(11)17-12-5-3-9-18-10-12/h1-2,4,6,12H,3,5,7-10H2,(H,15,16). The van der Waals surface area contributed by atoms with E-state index in [9.17, 15) is 4.79 Å². The van der Waals surface area contributed by atoms with E-state index in [1.54, 1.807) is 0 Å². The second kappa shape index (κ2) is 6.69. The molecule has 1 aliphatic heterocycles. The molecular formula is C14H18O3S. The van der Waals surface area contributed by atoms with Crippen molar-refractivity contribution in [3.63, 3.8) is 0 Å². The molecule has 1 heterocycles. The molecule has 1 saturated heterocycles. The van der Waals surface area contributed by atoms with Gasteiger partial charge in [0, 0.05) is 12.2 Å². The highest BCUT2D eigenvalue weighted by atomic mass is 32.2. The van der Waals surface area contributed by atoms with E-state index in [1.165, 1.54) is 12.2 Å². The van der Waals surface area contributed by atoms with Gasteiger partial charge in [-0.3, -0.25) is 4.79 Å². The lowest BCUT2D eigenvalue weighted by Crippen LogP contribution is -2.23. The van der Waals surface area contributed by atoms with E-state index >= 15 is 0 Å². The van der Waals surface area contributed by atoms with Crippen molar-refractivity contribution in [1.29, 1.82) is 0 Å². The van der Waals surface area contributed by atoms with Gasteiger partial charge in [-0.25, -0.2) is 0 Å². The summed E-state index contributed by atoms with van der Waals surface area (Å²) in [6, 6.07) is 7.76. The molecule has 0 aliphatic carbocycles. The molecule has 4 heteroatoms. The fourth-order valence-electron chi connectivity index (χ4n) is 2.05. The van der Waals surface area contributed by atoms with Crippen molar-refractivity contribution in [2.45, 2.75) is 31.8 Å². The van der Waals surface area contributed by atoms with Crippen LogP contribution in [-0.2, 0) is 11.2 Å². The third kappa shape index (κ3) is 3.95. The molecule has 98 valence electrons. The number of benzene rings is 1. The summed E-state index contributed by atoms with van der Waals surface area (Å²) in [4.78, 5) is 10.6. The molecule has 3 nitrogen and oxygen atoms in total. The Balaban J connectivity index is 1.99. The first-order valence-corrected chi connectivity index (χ1v) is 7.45. The van der Waals surface area contributed by atoms with Crippen molar-refractivity contribution >= 4 is 17.7 Å². The largest absolute Gasteiger partial charge is 0.489 e. The van der Waals surface area contributed by atoms with Gasteiger partial charge in [0.2, 0.25) is 0 Å². The van der Waals surface area contributed by atoms with E-state index in [0.717, 1.165) is 23.5 Å². The Hall–Kier alpha value is -1.16. The van der Waals surface area contributed by atoms with Crippen LogP contribution in [0.1, 0.15) is 24.8 Å². The number of carboxylic acids is 1. The second-order valence-corrected chi connectivity index (χ2v) is 5.61. The normalized spacial score (nSPS) is 19.4. The molecule has 1 aliphatic rings. The van der Waals surface area contributed by atoms with Crippen LogP contribution in [0.3, 0.4) is 0 Å². The van der Waals surface area contributed by atoms with Gasteiger partial charge in [-0.15, -0.1) is 0 Å². The van der Waals surface area contributed by atoms with Crippen molar-refractivity contribution in [2.24, 2.45) is 0 Å². The monoisotopic (exact) mass is 266 g/mol. The van der Waals surface area contributed by atoms with Crippen molar-refractivity contribution in [1.82, 2.24) is 0 Å². The van der Waals surface area contributed by atoms with Crippen LogP contribution in [0.15, 0.2) is 24.3 Å². The van der Waals surface area contributed by atoms with Gasteiger partial charge in [0.05, 0.1) is 0 Å². The predicted molar refractivity (Wildman–Crippen MR) is 73.4 cm³/mol. The highest BCUT2D eigenvalue weighted by Crippen LogP contribution is 2.26. The highest BCUT2D eigenvalue weighted by molar-refractivity contribution is 7.99. The van der Waals surface area contributed by atoms with Gasteiger partial charge in [0.1, 0.15) is 11.9 Å². The van der Waals surface area contributed by atoms with Crippen LogP contribution in [0.5, 0.6) is 5.75 Å². The van der Waals surface area contributed by atoms with Gasteiger partial charge in [0.15, 0.2) is 0 Å². The van der Waals surface area contributed by atoms with E-state index < -0.39 is 5.97 Å². The Bertz CT molecular complexity index is 400. The molecule has 0 radical (unpaired) electrons. The van der Waals surface area contributed by atoms with Crippen LogP contribution in [0.25, 0.3) is 0 Å². The summed E-state index contributed by atoms with van der Waals surface area (Å²) in [7, 11) is 0. The lowest BCUT2D eigenvalue weighted by atomic mass is 10.1. The number of aryl methyl sites for hydroxylation is 1. The van der Waals surface area contributed by atoms with Crippen LogP contribution in [0.2, 0.25) is 0 Å². The van der Waals surface area contributed by atoms with Crippen molar-refractivity contribution in [3.05, 3.63) is 29.8 Å². The third-order valence-electron chi connectivity index (χ3n) is 2.99. The number of thioether (sulfide) groups is 1. The molecule has 1 unspecified atom stereocenters. The third-order valence-corrected chi connectivity index (χ3v) is 4.18. The minimum absolute atomic E-state index is 0.153. The maximum atomic E-state index is 10.6. The summed E-state index contributed by atoms with van der Waals surface area (Å²) in [5, 5.41) is 8.74. The number of para-hydroxylation sites is 1. The highest BCUT2D eigenvalue weighted by Gasteiger charge is 2.16. The van der Waals surface area contributed by atoms with Crippen LogP contribution in [0, 0.1) is 0 Å². The molecule has 0 bridgehead atoms. The molecule has 0 amide bonds. The SMILES string of the molecule is O=C(O)CCc1ccccc1OC1CCCSC1. The molecular weight excluding hydrogens is 248 g/mol. The Kier molecular flexibility index (Phi) is 4.93. The zero-order chi connectivity index (χ0) is 12.8. The van der Waals surface area contributed by atoms with E-state index in [2.05, 4.69) is 0 Å². The van der Waals surface area contributed by atoms with E-state index in [4.69, 9.17) is 9.84 Å². The Morgan fingerprint density at radius 3 is 3.00 bits per heavy atom. The van der Waals surface area contributed by atoms with Crippen LogP contribution in [0.4, 0.5) is 0 Å². The van der Waals surface area contributed by atoms with Crippen molar-refractivity contribution < 1.29 is 14.6 Å². The summed E-state index contributed by atoms with van der Waals surface area (Å²) in [5.74, 6) is 2.35. The molecule has 1 aromatic rings. The average Bonchev–Trinajstić information content (AvgIpc) is 2.39. The zero-order valence-electron chi connectivity index (χ0n) is 10.3. The van der Waals surface area contributed by atoms with Gasteiger partial charge >= 0.3 is 5.97 Å². The topological polar surface area (TPSA) is 46.5 Å². The van der Waals surface area contributed by atoms with Gasteiger partial charge in [-0.1, -0.05) is 18.2 Å². The first-order chi connectivity index (χ1) is 8.75. The maximum absolute atomic E-state index is 10.6. The number of aliphatic carboxylic acids is 1. The number of ether oxygens (including phenoxy) is 1. The van der Waals surface area contributed by atoms with Crippen LogP contribution >= 0.6 is 11.8 Å². The van der Waals surface area contributed by atoms with Gasteiger partial charge in [0.25, 0.3) is 0 Å². The fraction of sp³-hybridized carbons (Fsp3) is 0.500. The molecule has 1 fully saturated rings. The van der Waals surface area contributed by atoms with E-state index in [0.29, 0.717) is 6.42 Å². The number of hydrogen-bond donors (Lipinski definition) is 1. The Morgan fingerprint density at radius 1 is 1.44 bits per heavy atom. The number of carboxylic acid groups (broad SMARTS) is 1. The molecule has 1 aromatic carbocycles. The minimum Gasteiger partial charge on any atom is -0.489 e. The molecule has 2 rings (SSSR count). The predicted octanol–water partition coefficient (Wildman–Crippen LogP) is 2.98. The average molecular weight is 266 g/mol. The minimum atomic E-state index is -0.766. The molecule has 1 atom stereocenters. The lowest BCUT2D eigenvalue weighted by molar-refractivity contribution is -0.136. The summed E-state index contributed by atoms with van der Waals surface area (Å²) >= 11 is 1.93. The van der Waals surface area contributed by atoms with Gasteiger partial charge < -0.3 is 9.84 Å². The Morgan fingerprint density at radius 2 is 2.28 bits per heavy atom. The van der Waals surface area contributed by atoms with Crippen molar-refractivity contribution in [3.8, 4) is 5.75 Å². The van der Waals surface area contributed by atoms with Crippen LogP contribution < -0.4 is 4.74 Å². The molecule has 0 saturated carbocycles. The Labute approximate surface area is 112 Å². The van der Waals surface area contributed by atoms with E-state index in [-0.39, 0.29) is 12.5 Å². The van der Waals surface area contributed by atoms with Crippen LogP contribution in [-0.4, -0.2) is 28.7 Å². The quantitative estimate of drug-likeness (QED) is 0.890. The summed E-state index contributed by atoms with van der Waals surface area (Å²) in [5.41, 5.74) is 0.996. The molecule has 0 aromatic heterocycles. The van der Waals surface area contributed by atoms with Gasteiger partial charge in [-0.05, 0) is 36.6 Å². The van der Waals surface area contributed by atoms with Crippen molar-refractivity contribution in [2.75, 3.05) is 11.5 Å². The number of carbonyl (C=O) groups is 1. The fourth-order valence-corrected chi connectivity index (χ4v) is 3.09. The summed E-state index contributed by atoms with van der Waals surface area (Å²) in [6.45, 7) is 0. The van der Waals surface area contributed by atoms with E-state index in [1.807, 2.05) is 36.0 Å². The molecule has 1 N–H and O–H groups in total. The molecule has 18 heavy (non-hydrogen) atoms. The number of rotatable bonds is 5. The first kappa shape index (κ1) is 13.3. The maximum Gasteiger partial charge on any atom is 0.303 e. The summed E-state index contributed by atoms with van der Waals surface area (Å²) < 4.78 is 6.00. The lowest BCUT2D eigenvalue weighted by Gasteiger charge is -2.24. The first-order valence-electron chi connectivity index (χ1n) is 6.30.